The largest absolute Gasteiger partial charge is 0.390 e. The van der Waals surface area contributed by atoms with Crippen molar-refractivity contribution in [1.82, 2.24) is 4.90 Å². The van der Waals surface area contributed by atoms with Gasteiger partial charge in [-0.25, -0.2) is 0 Å². The fourth-order valence-electron chi connectivity index (χ4n) is 0.962. The summed E-state index contributed by atoms with van der Waals surface area (Å²) in [5, 5.41) is 9.18. The molecule has 0 bridgehead atoms. The number of hydrogen-bond donors (Lipinski definition) is 1. The van der Waals surface area contributed by atoms with E-state index in [9.17, 15) is 5.11 Å². The SMILES string of the molecule is OC(CCl)CN1C=CC=CC1. The van der Waals surface area contributed by atoms with Crippen LogP contribution in [0.3, 0.4) is 0 Å². The molecule has 1 aliphatic rings. The minimum atomic E-state index is -0.423. The number of rotatable bonds is 3. The zero-order valence-corrected chi connectivity index (χ0v) is 7.04. The van der Waals surface area contributed by atoms with Gasteiger partial charge in [0.05, 0.1) is 12.0 Å². The molecule has 0 aliphatic carbocycles. The normalized spacial score (nSPS) is 18.9. The number of aliphatic hydroxyl groups excluding tert-OH is 1. The Labute approximate surface area is 71.8 Å². The van der Waals surface area contributed by atoms with E-state index < -0.39 is 6.10 Å². The van der Waals surface area contributed by atoms with Gasteiger partial charge >= 0.3 is 0 Å². The Morgan fingerprint density at radius 3 is 2.91 bits per heavy atom. The number of nitrogens with zero attached hydrogens (tertiary/aromatic N) is 1. The zero-order chi connectivity index (χ0) is 8.10. The highest BCUT2D eigenvalue weighted by Gasteiger charge is 2.06. The Hall–Kier alpha value is -0.470. The Balaban J connectivity index is 2.27. The van der Waals surface area contributed by atoms with Gasteiger partial charge in [0.25, 0.3) is 0 Å². The van der Waals surface area contributed by atoms with Crippen molar-refractivity contribution in [1.29, 1.82) is 0 Å². The van der Waals surface area contributed by atoms with Crippen LogP contribution in [0.4, 0.5) is 0 Å². The molecule has 0 spiro atoms. The van der Waals surface area contributed by atoms with Crippen LogP contribution in [0.5, 0.6) is 0 Å². The molecule has 0 aromatic heterocycles. The van der Waals surface area contributed by atoms with Crippen molar-refractivity contribution < 1.29 is 5.11 Å². The summed E-state index contributed by atoms with van der Waals surface area (Å²) in [7, 11) is 0. The monoisotopic (exact) mass is 173 g/mol. The van der Waals surface area contributed by atoms with Crippen LogP contribution < -0.4 is 0 Å². The third kappa shape index (κ3) is 2.95. The predicted octanol–water partition coefficient (Wildman–Crippen LogP) is 0.972. The van der Waals surface area contributed by atoms with Gasteiger partial charge in [-0.15, -0.1) is 11.6 Å². The lowest BCUT2D eigenvalue weighted by Gasteiger charge is -2.22. The molecular formula is C8H12ClNO. The van der Waals surface area contributed by atoms with E-state index >= 15 is 0 Å². The summed E-state index contributed by atoms with van der Waals surface area (Å²) in [6.45, 7) is 1.48. The first kappa shape index (κ1) is 8.62. The Kier molecular flexibility index (Phi) is 3.46. The summed E-state index contributed by atoms with van der Waals surface area (Å²) in [6.07, 6.45) is 7.51. The second-order valence-electron chi connectivity index (χ2n) is 2.53. The van der Waals surface area contributed by atoms with E-state index in [1.807, 2.05) is 29.3 Å². The van der Waals surface area contributed by atoms with Crippen LogP contribution in [0.2, 0.25) is 0 Å². The summed E-state index contributed by atoms with van der Waals surface area (Å²) < 4.78 is 0. The number of halogens is 1. The highest BCUT2D eigenvalue weighted by atomic mass is 35.5. The molecule has 2 nitrogen and oxygen atoms in total. The summed E-state index contributed by atoms with van der Waals surface area (Å²) in [6, 6.07) is 0. The first-order valence-electron chi connectivity index (χ1n) is 3.64. The molecule has 1 aliphatic heterocycles. The minimum absolute atomic E-state index is 0.300. The number of alkyl halides is 1. The molecule has 62 valence electrons. The van der Waals surface area contributed by atoms with Gasteiger partial charge in [0, 0.05) is 13.1 Å². The van der Waals surface area contributed by atoms with Gasteiger partial charge < -0.3 is 10.0 Å². The van der Waals surface area contributed by atoms with E-state index in [1.165, 1.54) is 0 Å². The quantitative estimate of drug-likeness (QED) is 0.643. The van der Waals surface area contributed by atoms with Crippen molar-refractivity contribution in [3.63, 3.8) is 0 Å². The lowest BCUT2D eigenvalue weighted by molar-refractivity contribution is 0.158. The lowest BCUT2D eigenvalue weighted by atomic mass is 10.3. The molecule has 1 rings (SSSR count). The topological polar surface area (TPSA) is 23.5 Å². The predicted molar refractivity (Wildman–Crippen MR) is 46.6 cm³/mol. The highest BCUT2D eigenvalue weighted by molar-refractivity contribution is 6.18. The third-order valence-electron chi connectivity index (χ3n) is 1.51. The summed E-state index contributed by atoms with van der Waals surface area (Å²) in [5.41, 5.74) is 0. The van der Waals surface area contributed by atoms with E-state index in [2.05, 4.69) is 0 Å². The first-order chi connectivity index (χ1) is 5.33. The molecule has 1 N–H and O–H groups in total. The van der Waals surface area contributed by atoms with Crippen molar-refractivity contribution in [3.05, 3.63) is 24.4 Å². The molecule has 0 aromatic rings. The Morgan fingerprint density at radius 1 is 1.55 bits per heavy atom. The average Bonchev–Trinajstić information content (AvgIpc) is 2.06. The summed E-state index contributed by atoms with van der Waals surface area (Å²) in [4.78, 5) is 2.02. The summed E-state index contributed by atoms with van der Waals surface area (Å²) >= 11 is 5.45. The van der Waals surface area contributed by atoms with Crippen LogP contribution >= 0.6 is 11.6 Å². The molecule has 0 fully saturated rings. The molecule has 0 amide bonds. The van der Waals surface area contributed by atoms with Gasteiger partial charge in [0.1, 0.15) is 0 Å². The fourth-order valence-corrected chi connectivity index (χ4v) is 1.06. The number of allylic oxidation sites excluding steroid dienone is 2. The van der Waals surface area contributed by atoms with Gasteiger partial charge in [-0.2, -0.15) is 0 Å². The molecule has 0 saturated heterocycles. The van der Waals surface area contributed by atoms with Crippen LogP contribution in [0.15, 0.2) is 24.4 Å². The van der Waals surface area contributed by atoms with Crippen LogP contribution in [-0.2, 0) is 0 Å². The number of aliphatic hydroxyl groups is 1. The lowest BCUT2D eigenvalue weighted by Crippen LogP contribution is -2.30. The third-order valence-corrected chi connectivity index (χ3v) is 1.86. The van der Waals surface area contributed by atoms with Crippen molar-refractivity contribution in [2.75, 3.05) is 19.0 Å². The Bertz CT molecular complexity index is 167. The molecule has 11 heavy (non-hydrogen) atoms. The smallest absolute Gasteiger partial charge is 0.0850 e. The van der Waals surface area contributed by atoms with Crippen LogP contribution in [0, 0.1) is 0 Å². The minimum Gasteiger partial charge on any atom is -0.390 e. The number of hydrogen-bond acceptors (Lipinski definition) is 2. The van der Waals surface area contributed by atoms with E-state index in [0.29, 0.717) is 12.4 Å². The van der Waals surface area contributed by atoms with Crippen LogP contribution in [-0.4, -0.2) is 35.1 Å². The van der Waals surface area contributed by atoms with Gasteiger partial charge in [-0.1, -0.05) is 12.2 Å². The van der Waals surface area contributed by atoms with E-state index in [1.54, 1.807) is 0 Å². The van der Waals surface area contributed by atoms with Gasteiger partial charge in [-0.05, 0) is 12.3 Å². The molecule has 1 unspecified atom stereocenters. The van der Waals surface area contributed by atoms with Gasteiger partial charge in [0.15, 0.2) is 0 Å². The van der Waals surface area contributed by atoms with E-state index in [-0.39, 0.29) is 0 Å². The van der Waals surface area contributed by atoms with Crippen molar-refractivity contribution in [2.45, 2.75) is 6.10 Å². The van der Waals surface area contributed by atoms with Crippen molar-refractivity contribution in [3.8, 4) is 0 Å². The second-order valence-corrected chi connectivity index (χ2v) is 2.84. The van der Waals surface area contributed by atoms with Crippen molar-refractivity contribution in [2.24, 2.45) is 0 Å². The van der Waals surface area contributed by atoms with E-state index in [4.69, 9.17) is 11.6 Å². The maximum Gasteiger partial charge on any atom is 0.0850 e. The van der Waals surface area contributed by atoms with Crippen LogP contribution in [0.1, 0.15) is 0 Å². The Morgan fingerprint density at radius 2 is 2.36 bits per heavy atom. The van der Waals surface area contributed by atoms with Crippen molar-refractivity contribution >= 4 is 11.6 Å². The maximum atomic E-state index is 9.18. The average molecular weight is 174 g/mol. The molecule has 3 heteroatoms. The molecule has 0 radical (unpaired) electrons. The summed E-state index contributed by atoms with van der Waals surface area (Å²) in [5.74, 6) is 0.300. The standard InChI is InChI=1S/C8H12ClNO/c9-6-8(11)7-10-4-2-1-3-5-10/h1-4,8,11H,5-7H2. The molecular weight excluding hydrogens is 162 g/mol. The maximum absolute atomic E-state index is 9.18. The molecule has 0 aromatic carbocycles. The zero-order valence-electron chi connectivity index (χ0n) is 6.28. The molecule has 0 saturated carbocycles. The molecule has 1 heterocycles. The highest BCUT2D eigenvalue weighted by Crippen LogP contribution is 2.00. The number of β-amino-alcohol motifs (C(OH)–C–C–N with tert-alkyl or cyclic N) is 1. The second kappa shape index (κ2) is 4.42. The van der Waals surface area contributed by atoms with E-state index in [0.717, 1.165) is 6.54 Å². The van der Waals surface area contributed by atoms with Gasteiger partial charge in [0.2, 0.25) is 0 Å². The van der Waals surface area contributed by atoms with Crippen LogP contribution in [0.25, 0.3) is 0 Å². The fraction of sp³-hybridized carbons (Fsp3) is 0.500. The first-order valence-corrected chi connectivity index (χ1v) is 4.18. The van der Waals surface area contributed by atoms with Gasteiger partial charge in [-0.3, -0.25) is 0 Å². The molecule has 1 atom stereocenters.